The number of rotatable bonds is 3. The maximum absolute atomic E-state index is 12.3. The summed E-state index contributed by atoms with van der Waals surface area (Å²) in [6.45, 7) is 3.33. The van der Waals surface area contributed by atoms with E-state index in [4.69, 9.17) is 4.74 Å². The molecule has 2 atom stereocenters. The van der Waals surface area contributed by atoms with Gasteiger partial charge in [-0.3, -0.25) is 14.9 Å². The molecule has 1 aromatic rings. The zero-order valence-electron chi connectivity index (χ0n) is 12.9. The lowest BCUT2D eigenvalue weighted by Crippen LogP contribution is -2.37. The van der Waals surface area contributed by atoms with E-state index in [1.807, 2.05) is 6.92 Å². The monoisotopic (exact) mass is 304 g/mol. The van der Waals surface area contributed by atoms with Crippen LogP contribution in [0.4, 0.5) is 11.4 Å². The predicted octanol–water partition coefficient (Wildman–Crippen LogP) is 2.68. The molecule has 0 spiro atoms. The minimum Gasteiger partial charge on any atom is -0.469 e. The molecule has 1 aliphatic carbocycles. The number of hydrogen-bond acceptors (Lipinski definition) is 5. The van der Waals surface area contributed by atoms with Crippen LogP contribution in [0, 0.1) is 28.4 Å². The second kappa shape index (κ2) is 5.26. The van der Waals surface area contributed by atoms with Crippen LogP contribution in [0.3, 0.4) is 0 Å². The number of carbonyl (C=O) groups excluding carboxylic acids is 1. The van der Waals surface area contributed by atoms with Crippen molar-refractivity contribution in [2.45, 2.75) is 26.2 Å². The van der Waals surface area contributed by atoms with E-state index in [0.717, 1.165) is 37.1 Å². The molecule has 6 nitrogen and oxygen atoms in total. The van der Waals surface area contributed by atoms with Crippen LogP contribution in [0.2, 0.25) is 0 Å². The fourth-order valence-corrected chi connectivity index (χ4v) is 4.12. The van der Waals surface area contributed by atoms with Gasteiger partial charge in [-0.25, -0.2) is 0 Å². The number of benzene rings is 1. The lowest BCUT2D eigenvalue weighted by Gasteiger charge is -2.26. The van der Waals surface area contributed by atoms with Crippen molar-refractivity contribution in [2.24, 2.45) is 11.3 Å². The molecule has 0 N–H and O–H groups in total. The molecule has 2 unspecified atom stereocenters. The Bertz CT molecular complexity index is 631. The van der Waals surface area contributed by atoms with Gasteiger partial charge in [-0.1, -0.05) is 6.42 Å². The van der Waals surface area contributed by atoms with Crippen molar-refractivity contribution in [2.75, 3.05) is 25.1 Å². The molecule has 0 radical (unpaired) electrons. The molecule has 0 bridgehead atoms. The van der Waals surface area contributed by atoms with E-state index in [1.54, 1.807) is 12.1 Å². The van der Waals surface area contributed by atoms with Crippen LogP contribution >= 0.6 is 0 Å². The Hall–Kier alpha value is -2.11. The number of esters is 1. The summed E-state index contributed by atoms with van der Waals surface area (Å²) < 4.78 is 5.05. The van der Waals surface area contributed by atoms with Crippen LogP contribution in [-0.4, -0.2) is 31.1 Å². The van der Waals surface area contributed by atoms with Gasteiger partial charge in [0.05, 0.1) is 17.4 Å². The summed E-state index contributed by atoms with van der Waals surface area (Å²) >= 11 is 0. The molecule has 1 aliphatic heterocycles. The molecule has 118 valence electrons. The molecule has 0 aromatic heterocycles. The molecule has 6 heteroatoms. The number of nitrogens with zero attached hydrogens (tertiary/aromatic N) is 2. The third kappa shape index (κ3) is 2.14. The second-order valence-electron chi connectivity index (χ2n) is 6.35. The number of hydrogen-bond donors (Lipinski definition) is 0. The highest BCUT2D eigenvalue weighted by atomic mass is 16.6. The van der Waals surface area contributed by atoms with Crippen molar-refractivity contribution in [3.8, 4) is 0 Å². The average Bonchev–Trinajstić information content (AvgIpc) is 3.03. The second-order valence-corrected chi connectivity index (χ2v) is 6.35. The molecule has 22 heavy (non-hydrogen) atoms. The van der Waals surface area contributed by atoms with Crippen molar-refractivity contribution < 1.29 is 14.5 Å². The maximum atomic E-state index is 12.3. The van der Waals surface area contributed by atoms with E-state index in [0.29, 0.717) is 12.5 Å². The number of carbonyl (C=O) groups is 1. The molecular weight excluding hydrogens is 284 g/mol. The summed E-state index contributed by atoms with van der Waals surface area (Å²) in [5.74, 6) is 0.201. The summed E-state index contributed by atoms with van der Waals surface area (Å²) in [6, 6.07) is 4.91. The van der Waals surface area contributed by atoms with Gasteiger partial charge in [0, 0.05) is 30.9 Å². The molecule has 1 saturated heterocycles. The fourth-order valence-electron chi connectivity index (χ4n) is 4.12. The molecule has 1 heterocycles. The van der Waals surface area contributed by atoms with Gasteiger partial charge < -0.3 is 9.64 Å². The molecule has 1 saturated carbocycles. The van der Waals surface area contributed by atoms with Crippen molar-refractivity contribution in [3.05, 3.63) is 33.9 Å². The van der Waals surface area contributed by atoms with E-state index in [9.17, 15) is 14.9 Å². The van der Waals surface area contributed by atoms with Gasteiger partial charge in [-0.2, -0.15) is 0 Å². The van der Waals surface area contributed by atoms with Crippen LogP contribution in [0.15, 0.2) is 18.2 Å². The van der Waals surface area contributed by atoms with Crippen LogP contribution in [-0.2, 0) is 9.53 Å². The molecule has 2 aliphatic rings. The minimum absolute atomic E-state index is 0.100. The summed E-state index contributed by atoms with van der Waals surface area (Å²) in [4.78, 5) is 24.9. The van der Waals surface area contributed by atoms with Gasteiger partial charge in [0.2, 0.25) is 0 Å². The van der Waals surface area contributed by atoms with Crippen LogP contribution in [0.1, 0.15) is 24.8 Å². The van der Waals surface area contributed by atoms with Crippen molar-refractivity contribution in [3.63, 3.8) is 0 Å². The number of fused-ring (bicyclic) bond motifs is 1. The Labute approximate surface area is 129 Å². The highest BCUT2D eigenvalue weighted by Crippen LogP contribution is 2.50. The number of aryl methyl sites for hydroxylation is 1. The standard InChI is InChI=1S/C16H20N2O4/c1-11-8-13(18(20)21)5-6-14(11)17-9-12-4-3-7-16(12,10-17)15(19)22-2/h5-6,8,12H,3-4,7,9-10H2,1-2H3. The zero-order valence-corrected chi connectivity index (χ0v) is 12.9. The number of methoxy groups -OCH3 is 1. The third-order valence-corrected chi connectivity index (χ3v) is 5.19. The normalized spacial score (nSPS) is 26.8. The molecule has 3 rings (SSSR count). The Balaban J connectivity index is 1.89. The SMILES string of the molecule is COC(=O)C12CCCC1CN(c1ccc([N+](=O)[O-])cc1C)C2. The Morgan fingerprint density at radius 3 is 2.91 bits per heavy atom. The van der Waals surface area contributed by atoms with Gasteiger partial charge in [-0.15, -0.1) is 0 Å². The number of anilines is 1. The van der Waals surface area contributed by atoms with Gasteiger partial charge in [0.25, 0.3) is 5.69 Å². The first-order valence-electron chi connectivity index (χ1n) is 7.56. The van der Waals surface area contributed by atoms with E-state index < -0.39 is 5.41 Å². The zero-order chi connectivity index (χ0) is 15.9. The van der Waals surface area contributed by atoms with Crippen molar-refractivity contribution in [1.29, 1.82) is 0 Å². The largest absolute Gasteiger partial charge is 0.469 e. The van der Waals surface area contributed by atoms with Crippen molar-refractivity contribution >= 4 is 17.3 Å². The third-order valence-electron chi connectivity index (χ3n) is 5.19. The highest BCUT2D eigenvalue weighted by molar-refractivity contribution is 5.80. The predicted molar refractivity (Wildman–Crippen MR) is 81.8 cm³/mol. The Morgan fingerprint density at radius 2 is 2.27 bits per heavy atom. The van der Waals surface area contributed by atoms with Gasteiger partial charge >= 0.3 is 5.97 Å². The topological polar surface area (TPSA) is 72.7 Å². The maximum Gasteiger partial charge on any atom is 0.313 e. The smallest absolute Gasteiger partial charge is 0.313 e. The number of nitro groups is 1. The van der Waals surface area contributed by atoms with E-state index in [2.05, 4.69) is 4.90 Å². The van der Waals surface area contributed by atoms with E-state index in [-0.39, 0.29) is 16.6 Å². The van der Waals surface area contributed by atoms with Crippen LogP contribution < -0.4 is 4.90 Å². The fraction of sp³-hybridized carbons (Fsp3) is 0.562. The highest BCUT2D eigenvalue weighted by Gasteiger charge is 2.55. The summed E-state index contributed by atoms with van der Waals surface area (Å²) in [5.41, 5.74) is 1.55. The van der Waals surface area contributed by atoms with E-state index in [1.165, 1.54) is 13.2 Å². The summed E-state index contributed by atoms with van der Waals surface area (Å²) in [7, 11) is 1.45. The first-order chi connectivity index (χ1) is 10.5. The number of ether oxygens (including phenoxy) is 1. The van der Waals surface area contributed by atoms with Crippen molar-refractivity contribution in [1.82, 2.24) is 0 Å². The van der Waals surface area contributed by atoms with Crippen LogP contribution in [0.25, 0.3) is 0 Å². The van der Waals surface area contributed by atoms with Gasteiger partial charge in [0.15, 0.2) is 0 Å². The Kier molecular flexibility index (Phi) is 3.54. The first kappa shape index (κ1) is 14.8. The summed E-state index contributed by atoms with van der Waals surface area (Å²) in [5, 5.41) is 10.9. The summed E-state index contributed by atoms with van der Waals surface area (Å²) in [6.07, 6.45) is 2.97. The first-order valence-corrected chi connectivity index (χ1v) is 7.56. The van der Waals surface area contributed by atoms with Crippen LogP contribution in [0.5, 0.6) is 0 Å². The number of non-ortho nitro benzene ring substituents is 1. The van der Waals surface area contributed by atoms with Gasteiger partial charge in [-0.05, 0) is 37.3 Å². The lowest BCUT2D eigenvalue weighted by atomic mass is 9.81. The molecule has 2 fully saturated rings. The quantitative estimate of drug-likeness (QED) is 0.487. The Morgan fingerprint density at radius 1 is 1.50 bits per heavy atom. The molecule has 0 amide bonds. The lowest BCUT2D eigenvalue weighted by molar-refractivity contribution is -0.384. The average molecular weight is 304 g/mol. The molecular formula is C16H20N2O4. The van der Waals surface area contributed by atoms with Gasteiger partial charge in [0.1, 0.15) is 0 Å². The number of nitro benzene ring substituents is 1. The van der Waals surface area contributed by atoms with E-state index >= 15 is 0 Å². The molecule has 1 aromatic carbocycles. The minimum atomic E-state index is -0.400.